The molecular formula is C27H33N3O5. The number of pyridine rings is 1. The van der Waals surface area contributed by atoms with Crippen molar-refractivity contribution >= 4 is 10.9 Å². The van der Waals surface area contributed by atoms with Gasteiger partial charge in [0.25, 0.3) is 5.56 Å². The van der Waals surface area contributed by atoms with Crippen molar-refractivity contribution in [2.24, 2.45) is 0 Å². The monoisotopic (exact) mass is 479 g/mol. The van der Waals surface area contributed by atoms with Gasteiger partial charge >= 0.3 is 0 Å². The molecule has 186 valence electrons. The van der Waals surface area contributed by atoms with Gasteiger partial charge in [0.15, 0.2) is 11.5 Å². The normalized spacial score (nSPS) is 16.4. The lowest BCUT2D eigenvalue weighted by molar-refractivity contribution is 0.171. The third kappa shape index (κ3) is 5.23. The number of rotatable bonds is 8. The summed E-state index contributed by atoms with van der Waals surface area (Å²) in [5.74, 6) is 2.98. The van der Waals surface area contributed by atoms with Gasteiger partial charge in [0, 0.05) is 43.2 Å². The van der Waals surface area contributed by atoms with E-state index in [2.05, 4.69) is 22.3 Å². The number of aromatic nitrogens is 1. The second-order valence-electron chi connectivity index (χ2n) is 9.06. The van der Waals surface area contributed by atoms with Crippen LogP contribution in [0.3, 0.4) is 0 Å². The van der Waals surface area contributed by atoms with Gasteiger partial charge in [-0.1, -0.05) is 6.07 Å². The first-order valence-corrected chi connectivity index (χ1v) is 12.2. The summed E-state index contributed by atoms with van der Waals surface area (Å²) in [5.41, 5.74) is 1.99. The summed E-state index contributed by atoms with van der Waals surface area (Å²) in [5, 5.41) is 4.60. The molecule has 0 saturated carbocycles. The molecule has 8 nitrogen and oxygen atoms in total. The van der Waals surface area contributed by atoms with Gasteiger partial charge in [-0.25, -0.2) is 0 Å². The smallest absolute Gasteiger partial charge is 0.254 e. The third-order valence-corrected chi connectivity index (χ3v) is 6.93. The lowest BCUT2D eigenvalue weighted by Gasteiger charge is -2.32. The van der Waals surface area contributed by atoms with Gasteiger partial charge in [-0.3, -0.25) is 4.79 Å². The summed E-state index contributed by atoms with van der Waals surface area (Å²) in [6, 6.07) is 14.0. The van der Waals surface area contributed by atoms with E-state index in [9.17, 15) is 4.79 Å². The molecule has 3 heterocycles. The summed E-state index contributed by atoms with van der Waals surface area (Å²) >= 11 is 0. The van der Waals surface area contributed by atoms with Gasteiger partial charge in [0.1, 0.15) is 24.7 Å². The highest BCUT2D eigenvalue weighted by molar-refractivity contribution is 5.86. The first-order chi connectivity index (χ1) is 17.1. The summed E-state index contributed by atoms with van der Waals surface area (Å²) < 4.78 is 24.0. The minimum atomic E-state index is -0.0569. The molecule has 8 heteroatoms. The number of hydrogen-bond donors (Lipinski definition) is 1. The molecule has 1 saturated heterocycles. The van der Waals surface area contributed by atoms with E-state index >= 15 is 0 Å². The van der Waals surface area contributed by atoms with Gasteiger partial charge in [0.05, 0.1) is 19.7 Å². The molecule has 0 unspecified atom stereocenters. The van der Waals surface area contributed by atoms with Gasteiger partial charge in [0.2, 0.25) is 0 Å². The van der Waals surface area contributed by atoms with E-state index in [1.807, 2.05) is 28.8 Å². The number of benzene rings is 2. The molecule has 3 aromatic rings. The predicted octanol–water partition coefficient (Wildman–Crippen LogP) is 3.04. The number of nitrogens with one attached hydrogen (secondary N) is 1. The van der Waals surface area contributed by atoms with Crippen LogP contribution in [0, 0.1) is 0 Å². The fourth-order valence-electron chi connectivity index (χ4n) is 4.92. The van der Waals surface area contributed by atoms with Crippen LogP contribution in [0.2, 0.25) is 0 Å². The van der Waals surface area contributed by atoms with Crippen molar-refractivity contribution < 1.29 is 18.9 Å². The highest BCUT2D eigenvalue weighted by Crippen LogP contribution is 2.31. The Bertz CT molecular complexity index is 1230. The van der Waals surface area contributed by atoms with Crippen molar-refractivity contribution in [3.63, 3.8) is 0 Å². The fourth-order valence-corrected chi connectivity index (χ4v) is 4.92. The predicted molar refractivity (Wildman–Crippen MR) is 135 cm³/mol. The van der Waals surface area contributed by atoms with E-state index in [1.54, 1.807) is 20.3 Å². The highest BCUT2D eigenvalue weighted by Gasteiger charge is 2.20. The average Bonchev–Trinajstić information content (AvgIpc) is 2.91. The van der Waals surface area contributed by atoms with Gasteiger partial charge in [-0.2, -0.15) is 0 Å². The van der Waals surface area contributed by atoms with Crippen LogP contribution >= 0.6 is 0 Å². The molecule has 0 aliphatic carbocycles. The molecule has 0 amide bonds. The first kappa shape index (κ1) is 23.5. The molecule has 0 atom stereocenters. The quantitative estimate of drug-likeness (QED) is 0.532. The molecule has 0 spiro atoms. The molecule has 0 bridgehead atoms. The Balaban J connectivity index is 1.16. The van der Waals surface area contributed by atoms with Gasteiger partial charge in [-0.15, -0.1) is 0 Å². The summed E-state index contributed by atoms with van der Waals surface area (Å²) in [6.45, 7) is 5.50. The molecule has 2 aliphatic rings. The third-order valence-electron chi connectivity index (χ3n) is 6.93. The minimum Gasteiger partial charge on any atom is -0.497 e. The van der Waals surface area contributed by atoms with E-state index in [0.29, 0.717) is 31.5 Å². The molecule has 5 rings (SSSR count). The van der Waals surface area contributed by atoms with Crippen LogP contribution in [-0.2, 0) is 13.1 Å². The van der Waals surface area contributed by atoms with E-state index in [-0.39, 0.29) is 5.56 Å². The van der Waals surface area contributed by atoms with Crippen molar-refractivity contribution in [2.45, 2.75) is 32.0 Å². The van der Waals surface area contributed by atoms with E-state index in [4.69, 9.17) is 18.9 Å². The van der Waals surface area contributed by atoms with Crippen LogP contribution in [0.15, 0.2) is 47.3 Å². The zero-order valence-electron chi connectivity index (χ0n) is 20.4. The highest BCUT2D eigenvalue weighted by atomic mass is 16.6. The maximum absolute atomic E-state index is 12.8. The standard InChI is InChI=1S/C27H33N3O5/c1-32-21-4-5-22-23(16-21)30(27(31)17-25(22)33-2)12-11-29-9-7-20(8-10-29)28-18-19-3-6-24-26(15-19)35-14-13-34-24/h3-6,15-17,20,28H,7-14,18H2,1-2H3. The van der Waals surface area contributed by atoms with Crippen molar-refractivity contribution in [3.05, 3.63) is 58.4 Å². The Morgan fingerprint density at radius 2 is 1.74 bits per heavy atom. The number of piperidine rings is 1. The second kappa shape index (κ2) is 10.6. The molecule has 0 radical (unpaired) electrons. The van der Waals surface area contributed by atoms with Crippen LogP contribution < -0.4 is 29.8 Å². The number of hydrogen-bond acceptors (Lipinski definition) is 7. The topological polar surface area (TPSA) is 74.2 Å². The maximum Gasteiger partial charge on any atom is 0.254 e. The van der Waals surface area contributed by atoms with Crippen LogP contribution in [0.5, 0.6) is 23.0 Å². The van der Waals surface area contributed by atoms with Crippen LogP contribution in [0.25, 0.3) is 10.9 Å². The zero-order chi connectivity index (χ0) is 24.2. The second-order valence-corrected chi connectivity index (χ2v) is 9.06. The Kier molecular flexibility index (Phi) is 7.11. The molecule has 1 fully saturated rings. The lowest BCUT2D eigenvalue weighted by atomic mass is 10.0. The average molecular weight is 480 g/mol. The van der Waals surface area contributed by atoms with Crippen molar-refractivity contribution in [1.82, 2.24) is 14.8 Å². The number of methoxy groups -OCH3 is 2. The van der Waals surface area contributed by atoms with E-state index in [0.717, 1.165) is 67.2 Å². The Morgan fingerprint density at radius 1 is 0.943 bits per heavy atom. The maximum atomic E-state index is 12.8. The number of likely N-dealkylation sites (tertiary alicyclic amines) is 1. The fraction of sp³-hybridized carbons (Fsp3) is 0.444. The Labute approximate surface area is 205 Å². The SMILES string of the molecule is COc1ccc2c(OC)cc(=O)n(CCN3CCC(NCc4ccc5c(c4)OCCO5)CC3)c2c1. The Hall–Kier alpha value is -3.23. The molecule has 1 N–H and O–H groups in total. The van der Waals surface area contributed by atoms with E-state index < -0.39 is 0 Å². The number of nitrogens with zero attached hydrogens (tertiary/aromatic N) is 2. The molecule has 1 aromatic heterocycles. The first-order valence-electron chi connectivity index (χ1n) is 12.2. The summed E-state index contributed by atoms with van der Waals surface area (Å²) in [7, 11) is 3.23. The van der Waals surface area contributed by atoms with Crippen LogP contribution in [-0.4, -0.2) is 62.6 Å². The van der Waals surface area contributed by atoms with Crippen LogP contribution in [0.4, 0.5) is 0 Å². The molecule has 35 heavy (non-hydrogen) atoms. The van der Waals surface area contributed by atoms with Crippen molar-refractivity contribution in [1.29, 1.82) is 0 Å². The Morgan fingerprint density at radius 3 is 2.51 bits per heavy atom. The number of fused-ring (bicyclic) bond motifs is 2. The van der Waals surface area contributed by atoms with Crippen LogP contribution in [0.1, 0.15) is 18.4 Å². The van der Waals surface area contributed by atoms with Gasteiger partial charge < -0.3 is 33.7 Å². The minimum absolute atomic E-state index is 0.0569. The molecule has 2 aliphatic heterocycles. The summed E-state index contributed by atoms with van der Waals surface area (Å²) in [4.78, 5) is 15.3. The lowest BCUT2D eigenvalue weighted by Crippen LogP contribution is -2.43. The molecular weight excluding hydrogens is 446 g/mol. The van der Waals surface area contributed by atoms with E-state index in [1.165, 1.54) is 5.56 Å². The van der Waals surface area contributed by atoms with Crippen molar-refractivity contribution in [3.8, 4) is 23.0 Å². The number of ether oxygens (including phenoxy) is 4. The largest absolute Gasteiger partial charge is 0.497 e. The molecule has 2 aromatic carbocycles. The zero-order valence-corrected chi connectivity index (χ0v) is 20.4. The summed E-state index contributed by atoms with van der Waals surface area (Å²) in [6.07, 6.45) is 2.16. The van der Waals surface area contributed by atoms with Gasteiger partial charge in [-0.05, 0) is 55.8 Å². The van der Waals surface area contributed by atoms with Crippen molar-refractivity contribution in [2.75, 3.05) is 47.1 Å².